The molecule has 134 valence electrons. The van der Waals surface area contributed by atoms with E-state index in [0.29, 0.717) is 0 Å². The molecule has 1 unspecified atom stereocenters. The molecule has 4 heteroatoms. The number of hydrogen-bond acceptors (Lipinski definition) is 2. The number of fused-ring (bicyclic) bond motifs is 1. The maximum atomic E-state index is 12.8. The smallest absolute Gasteiger partial charge is 0.317 e. The monoisotopic (exact) mass is 331 g/mol. The third kappa shape index (κ3) is 5.23. The summed E-state index contributed by atoms with van der Waals surface area (Å²) in [6, 6.07) is 8.81. The second-order valence-corrected chi connectivity index (χ2v) is 8.22. The van der Waals surface area contributed by atoms with Crippen LogP contribution in [0.4, 0.5) is 4.79 Å². The van der Waals surface area contributed by atoms with Crippen molar-refractivity contribution in [2.45, 2.75) is 46.1 Å². The number of hydrogen-bond donors (Lipinski definition) is 1. The highest BCUT2D eigenvalue weighted by molar-refractivity contribution is 5.74. The average Bonchev–Trinajstić information content (AvgIpc) is 2.72. The molecule has 1 aromatic carbocycles. The highest BCUT2D eigenvalue weighted by Crippen LogP contribution is 2.23. The molecule has 24 heavy (non-hydrogen) atoms. The van der Waals surface area contributed by atoms with Crippen LogP contribution in [0.15, 0.2) is 24.3 Å². The van der Waals surface area contributed by atoms with Crippen molar-refractivity contribution >= 4 is 6.03 Å². The molecule has 0 bridgehead atoms. The Bertz CT molecular complexity index is 521. The lowest BCUT2D eigenvalue weighted by Gasteiger charge is -2.34. The summed E-state index contributed by atoms with van der Waals surface area (Å²) < 4.78 is 0. The third-order valence-electron chi connectivity index (χ3n) is 4.92. The van der Waals surface area contributed by atoms with Gasteiger partial charge in [0, 0.05) is 19.1 Å². The molecule has 1 aliphatic heterocycles. The molecule has 1 N–H and O–H groups in total. The van der Waals surface area contributed by atoms with Gasteiger partial charge >= 0.3 is 6.03 Å². The van der Waals surface area contributed by atoms with E-state index in [4.69, 9.17) is 0 Å². The maximum absolute atomic E-state index is 12.8. The van der Waals surface area contributed by atoms with Crippen molar-refractivity contribution in [1.29, 1.82) is 0 Å². The summed E-state index contributed by atoms with van der Waals surface area (Å²) in [5, 5.41) is 3.30. The lowest BCUT2D eigenvalue weighted by atomic mass is 9.84. The van der Waals surface area contributed by atoms with Gasteiger partial charge in [0.05, 0.1) is 0 Å². The Hall–Kier alpha value is -1.55. The quantitative estimate of drug-likeness (QED) is 0.920. The van der Waals surface area contributed by atoms with Crippen molar-refractivity contribution in [3.05, 3.63) is 35.4 Å². The lowest BCUT2D eigenvalue weighted by molar-refractivity contribution is 0.175. The fourth-order valence-electron chi connectivity index (χ4n) is 3.22. The first-order valence-electron chi connectivity index (χ1n) is 9.04. The van der Waals surface area contributed by atoms with Crippen LogP contribution in [-0.2, 0) is 12.8 Å². The van der Waals surface area contributed by atoms with Gasteiger partial charge in [-0.3, -0.25) is 0 Å². The van der Waals surface area contributed by atoms with E-state index in [-0.39, 0.29) is 17.5 Å². The molecule has 2 rings (SSSR count). The van der Waals surface area contributed by atoms with E-state index in [1.165, 1.54) is 11.1 Å². The van der Waals surface area contributed by atoms with Crippen molar-refractivity contribution in [3.63, 3.8) is 0 Å². The zero-order chi connectivity index (χ0) is 17.7. The standard InChI is InChI=1S/C20H33N3O/c1-20(2,3)18(12-13-22(4)5)21-19(24)23-14-10-16-8-6-7-9-17(16)11-15-23/h6-9,18H,10-15H2,1-5H3,(H,21,24). The van der Waals surface area contributed by atoms with E-state index in [0.717, 1.165) is 38.9 Å². The molecule has 0 aliphatic carbocycles. The molecule has 0 radical (unpaired) electrons. The van der Waals surface area contributed by atoms with E-state index < -0.39 is 0 Å². The van der Waals surface area contributed by atoms with Crippen molar-refractivity contribution < 1.29 is 4.79 Å². The minimum Gasteiger partial charge on any atom is -0.335 e. The van der Waals surface area contributed by atoms with Crippen LogP contribution in [0.2, 0.25) is 0 Å². The van der Waals surface area contributed by atoms with Crippen LogP contribution in [0.5, 0.6) is 0 Å². The number of benzene rings is 1. The van der Waals surface area contributed by atoms with Gasteiger partial charge in [0.1, 0.15) is 0 Å². The predicted molar refractivity (Wildman–Crippen MR) is 100 cm³/mol. The molecule has 2 amide bonds. The van der Waals surface area contributed by atoms with Gasteiger partial charge in [-0.1, -0.05) is 45.0 Å². The Morgan fingerprint density at radius 3 is 2.17 bits per heavy atom. The second kappa shape index (κ2) is 8.02. The lowest BCUT2D eigenvalue weighted by Crippen LogP contribution is -2.51. The summed E-state index contributed by atoms with van der Waals surface area (Å²) in [5.41, 5.74) is 2.82. The van der Waals surface area contributed by atoms with E-state index in [2.05, 4.69) is 69.3 Å². The van der Waals surface area contributed by atoms with Crippen molar-refractivity contribution in [1.82, 2.24) is 15.1 Å². The topological polar surface area (TPSA) is 35.6 Å². The predicted octanol–water partition coefficient (Wildman–Crippen LogP) is 3.16. The molecule has 1 aromatic rings. The molecule has 4 nitrogen and oxygen atoms in total. The fourth-order valence-corrected chi connectivity index (χ4v) is 3.22. The van der Waals surface area contributed by atoms with E-state index >= 15 is 0 Å². The Balaban J connectivity index is 1.97. The summed E-state index contributed by atoms with van der Waals surface area (Å²) >= 11 is 0. The van der Waals surface area contributed by atoms with Crippen LogP contribution in [0.25, 0.3) is 0 Å². The minimum atomic E-state index is 0.0560. The Labute approximate surface area is 147 Å². The third-order valence-corrected chi connectivity index (χ3v) is 4.92. The van der Waals surface area contributed by atoms with Crippen LogP contribution in [-0.4, -0.2) is 55.6 Å². The number of carbonyl (C=O) groups excluding carboxylic acids is 1. The van der Waals surface area contributed by atoms with Gasteiger partial charge in [0.2, 0.25) is 0 Å². The van der Waals surface area contributed by atoms with Crippen LogP contribution >= 0.6 is 0 Å². The van der Waals surface area contributed by atoms with Gasteiger partial charge in [-0.2, -0.15) is 0 Å². The number of rotatable bonds is 4. The van der Waals surface area contributed by atoms with Gasteiger partial charge in [0.15, 0.2) is 0 Å². The summed E-state index contributed by atoms with van der Waals surface area (Å²) in [5.74, 6) is 0. The normalized spacial score (nSPS) is 16.5. The first-order valence-corrected chi connectivity index (χ1v) is 9.04. The van der Waals surface area contributed by atoms with E-state index in [1.807, 2.05) is 4.90 Å². The second-order valence-electron chi connectivity index (χ2n) is 8.22. The highest BCUT2D eigenvalue weighted by Gasteiger charge is 2.28. The van der Waals surface area contributed by atoms with Crippen LogP contribution in [0.3, 0.4) is 0 Å². The molecule has 1 heterocycles. The number of nitrogens with zero attached hydrogens (tertiary/aromatic N) is 2. The molecule has 0 saturated heterocycles. The van der Waals surface area contributed by atoms with E-state index in [9.17, 15) is 4.79 Å². The average molecular weight is 332 g/mol. The SMILES string of the molecule is CN(C)CCC(NC(=O)N1CCc2ccccc2CC1)C(C)(C)C. The van der Waals surface area contributed by atoms with Gasteiger partial charge in [-0.25, -0.2) is 4.79 Å². The minimum absolute atomic E-state index is 0.0560. The maximum Gasteiger partial charge on any atom is 0.317 e. The van der Waals surface area contributed by atoms with Gasteiger partial charge < -0.3 is 15.1 Å². The van der Waals surface area contributed by atoms with Gasteiger partial charge in [-0.05, 0) is 56.4 Å². The van der Waals surface area contributed by atoms with Crippen molar-refractivity contribution in [2.75, 3.05) is 33.7 Å². The molecular formula is C20H33N3O. The zero-order valence-corrected chi connectivity index (χ0v) is 15.9. The van der Waals surface area contributed by atoms with E-state index in [1.54, 1.807) is 0 Å². The van der Waals surface area contributed by atoms with Crippen LogP contribution < -0.4 is 5.32 Å². The molecule has 0 spiro atoms. The zero-order valence-electron chi connectivity index (χ0n) is 15.9. The molecule has 1 atom stereocenters. The molecule has 0 aromatic heterocycles. The number of carbonyl (C=O) groups is 1. The van der Waals surface area contributed by atoms with Crippen LogP contribution in [0, 0.1) is 5.41 Å². The van der Waals surface area contributed by atoms with Gasteiger partial charge in [0.25, 0.3) is 0 Å². The first kappa shape index (κ1) is 18.8. The van der Waals surface area contributed by atoms with Crippen molar-refractivity contribution in [3.8, 4) is 0 Å². The van der Waals surface area contributed by atoms with Crippen molar-refractivity contribution in [2.24, 2.45) is 5.41 Å². The first-order chi connectivity index (χ1) is 11.3. The fraction of sp³-hybridized carbons (Fsp3) is 0.650. The number of nitrogens with one attached hydrogen (secondary N) is 1. The molecule has 0 saturated carbocycles. The molecule has 0 fully saturated rings. The number of urea groups is 1. The Morgan fingerprint density at radius 2 is 1.71 bits per heavy atom. The summed E-state index contributed by atoms with van der Waals surface area (Å²) in [4.78, 5) is 17.0. The largest absolute Gasteiger partial charge is 0.335 e. The molecular weight excluding hydrogens is 298 g/mol. The number of amides is 2. The summed E-state index contributed by atoms with van der Waals surface area (Å²) in [6.45, 7) is 9.18. The summed E-state index contributed by atoms with van der Waals surface area (Å²) in [6.07, 6.45) is 2.86. The Kier molecular flexibility index (Phi) is 6.27. The van der Waals surface area contributed by atoms with Gasteiger partial charge in [-0.15, -0.1) is 0 Å². The van der Waals surface area contributed by atoms with Crippen LogP contribution in [0.1, 0.15) is 38.3 Å². The highest BCUT2D eigenvalue weighted by atomic mass is 16.2. The molecule has 1 aliphatic rings. The Morgan fingerprint density at radius 1 is 1.17 bits per heavy atom. The summed E-state index contributed by atoms with van der Waals surface area (Å²) in [7, 11) is 4.15.